The Balaban J connectivity index is 2.02. The zero-order valence-corrected chi connectivity index (χ0v) is 12.4. The first kappa shape index (κ1) is 13.0. The van der Waals surface area contributed by atoms with Gasteiger partial charge in [0.05, 0.1) is 14.7 Å². The molecule has 6 heteroatoms. The van der Waals surface area contributed by atoms with Crippen LogP contribution >= 0.6 is 46.1 Å². The summed E-state index contributed by atoms with van der Waals surface area (Å²) in [6.45, 7) is 0. The van der Waals surface area contributed by atoms with E-state index < -0.39 is 0 Å². The monoisotopic (exact) mass is 329 g/mol. The van der Waals surface area contributed by atoms with Crippen LogP contribution in [0.1, 0.15) is 0 Å². The van der Waals surface area contributed by atoms with Crippen LogP contribution in [0.15, 0.2) is 36.4 Å². The summed E-state index contributed by atoms with van der Waals surface area (Å²) in [5.41, 5.74) is 0.724. The second kappa shape index (κ2) is 5.17. The highest BCUT2D eigenvalue weighted by Gasteiger charge is 2.11. The smallest absolute Gasteiger partial charge is 0.279 e. The molecule has 0 spiro atoms. The number of benzene rings is 2. The first-order valence-electron chi connectivity index (χ1n) is 5.32. The van der Waals surface area contributed by atoms with Gasteiger partial charge in [0.1, 0.15) is 16.3 Å². The fourth-order valence-electron chi connectivity index (χ4n) is 1.60. The summed E-state index contributed by atoms with van der Waals surface area (Å²) in [5, 5.41) is 1.89. The molecule has 0 bridgehead atoms. The molecule has 3 rings (SSSR count). The van der Waals surface area contributed by atoms with Gasteiger partial charge in [-0.05, 0) is 24.3 Å². The van der Waals surface area contributed by atoms with E-state index in [0.29, 0.717) is 26.0 Å². The number of para-hydroxylation sites is 1. The maximum atomic E-state index is 6.07. The molecule has 1 heterocycles. The fraction of sp³-hybridized carbons (Fsp3) is 0. The molecule has 2 aromatic carbocycles. The standard InChI is InChI=1S/C13H6Cl3NOS/c14-7-3-1-5-9(11(7)16)18-13-17-12-8(15)4-2-6-10(12)19-13/h1-6H. The topological polar surface area (TPSA) is 22.1 Å². The Bertz CT molecular complexity index is 757. The van der Waals surface area contributed by atoms with Crippen molar-refractivity contribution in [3.63, 3.8) is 0 Å². The number of hydrogen-bond acceptors (Lipinski definition) is 3. The first-order valence-corrected chi connectivity index (χ1v) is 7.27. The SMILES string of the molecule is Clc1cccc(Oc2nc3c(Cl)cccc3s2)c1Cl. The molecule has 0 aliphatic rings. The second-order valence-electron chi connectivity index (χ2n) is 3.72. The molecule has 1 aromatic heterocycles. The highest BCUT2D eigenvalue weighted by Crippen LogP contribution is 2.38. The first-order chi connectivity index (χ1) is 9.15. The normalized spacial score (nSPS) is 10.9. The van der Waals surface area contributed by atoms with Crippen molar-refractivity contribution in [2.75, 3.05) is 0 Å². The van der Waals surface area contributed by atoms with Gasteiger partial charge in [-0.25, -0.2) is 4.98 Å². The molecular weight excluding hydrogens is 325 g/mol. The number of ether oxygens (including phenoxy) is 1. The van der Waals surface area contributed by atoms with E-state index in [1.165, 1.54) is 11.3 Å². The molecule has 0 aliphatic heterocycles. The Morgan fingerprint density at radius 2 is 1.68 bits per heavy atom. The predicted octanol–water partition coefficient (Wildman–Crippen LogP) is 6.05. The molecule has 0 N–H and O–H groups in total. The van der Waals surface area contributed by atoms with Crippen LogP contribution in [0.3, 0.4) is 0 Å². The molecule has 0 saturated carbocycles. The molecule has 19 heavy (non-hydrogen) atoms. The Hall–Kier alpha value is -1.00. The lowest BCUT2D eigenvalue weighted by atomic mass is 10.3. The average Bonchev–Trinajstić information content (AvgIpc) is 2.79. The van der Waals surface area contributed by atoms with E-state index in [0.717, 1.165) is 10.2 Å². The highest BCUT2D eigenvalue weighted by molar-refractivity contribution is 7.20. The van der Waals surface area contributed by atoms with Gasteiger partial charge in [-0.2, -0.15) is 0 Å². The van der Waals surface area contributed by atoms with Gasteiger partial charge in [-0.3, -0.25) is 0 Å². The summed E-state index contributed by atoms with van der Waals surface area (Å²) >= 11 is 19.5. The Kier molecular flexibility index (Phi) is 3.54. The van der Waals surface area contributed by atoms with Crippen LogP contribution in [0.2, 0.25) is 15.1 Å². The van der Waals surface area contributed by atoms with Crippen LogP contribution in [-0.2, 0) is 0 Å². The minimum absolute atomic E-state index is 0.370. The number of rotatable bonds is 2. The quantitative estimate of drug-likeness (QED) is 0.570. The maximum absolute atomic E-state index is 6.07. The van der Waals surface area contributed by atoms with E-state index in [9.17, 15) is 0 Å². The third-order valence-corrected chi connectivity index (χ3v) is 4.47. The zero-order chi connectivity index (χ0) is 13.4. The van der Waals surface area contributed by atoms with Crippen molar-refractivity contribution in [2.24, 2.45) is 0 Å². The van der Waals surface area contributed by atoms with Gasteiger partial charge in [-0.1, -0.05) is 58.3 Å². The summed E-state index contributed by atoms with van der Waals surface area (Å²) in [7, 11) is 0. The maximum Gasteiger partial charge on any atom is 0.279 e. The van der Waals surface area contributed by atoms with Crippen LogP contribution in [0.25, 0.3) is 10.2 Å². The number of fused-ring (bicyclic) bond motifs is 1. The largest absolute Gasteiger partial charge is 0.429 e. The minimum Gasteiger partial charge on any atom is -0.429 e. The van der Waals surface area contributed by atoms with Crippen molar-refractivity contribution in [1.82, 2.24) is 4.98 Å². The number of hydrogen-bond donors (Lipinski definition) is 0. The van der Waals surface area contributed by atoms with E-state index in [4.69, 9.17) is 39.5 Å². The molecular formula is C13H6Cl3NOS. The molecule has 2 nitrogen and oxygen atoms in total. The van der Waals surface area contributed by atoms with Gasteiger partial charge >= 0.3 is 0 Å². The van der Waals surface area contributed by atoms with Crippen molar-refractivity contribution >= 4 is 56.4 Å². The molecule has 0 atom stereocenters. The van der Waals surface area contributed by atoms with Crippen LogP contribution in [-0.4, -0.2) is 4.98 Å². The van der Waals surface area contributed by atoms with Crippen molar-refractivity contribution in [1.29, 1.82) is 0 Å². The van der Waals surface area contributed by atoms with E-state index >= 15 is 0 Å². The Labute approximate surface area is 128 Å². The van der Waals surface area contributed by atoms with Crippen LogP contribution in [0.4, 0.5) is 0 Å². The molecule has 96 valence electrons. The van der Waals surface area contributed by atoms with Gasteiger partial charge in [-0.15, -0.1) is 0 Å². The van der Waals surface area contributed by atoms with E-state index in [2.05, 4.69) is 4.98 Å². The van der Waals surface area contributed by atoms with Crippen molar-refractivity contribution in [3.05, 3.63) is 51.5 Å². The fourth-order valence-corrected chi connectivity index (χ4v) is 3.05. The number of nitrogens with zero attached hydrogens (tertiary/aromatic N) is 1. The molecule has 0 fully saturated rings. The van der Waals surface area contributed by atoms with E-state index in [1.807, 2.05) is 12.1 Å². The summed E-state index contributed by atoms with van der Waals surface area (Å²) in [6.07, 6.45) is 0. The molecule has 3 aromatic rings. The highest BCUT2D eigenvalue weighted by atomic mass is 35.5. The van der Waals surface area contributed by atoms with E-state index in [-0.39, 0.29) is 0 Å². The van der Waals surface area contributed by atoms with Gasteiger partial charge < -0.3 is 4.74 Å². The number of aromatic nitrogens is 1. The molecule has 0 aliphatic carbocycles. The molecule has 0 amide bonds. The Morgan fingerprint density at radius 1 is 0.947 bits per heavy atom. The zero-order valence-electron chi connectivity index (χ0n) is 9.36. The van der Waals surface area contributed by atoms with Crippen LogP contribution < -0.4 is 4.74 Å². The lowest BCUT2D eigenvalue weighted by molar-refractivity contribution is 0.480. The van der Waals surface area contributed by atoms with Gasteiger partial charge in [0.2, 0.25) is 0 Å². The second-order valence-corrected chi connectivity index (χ2v) is 5.91. The predicted molar refractivity (Wildman–Crippen MR) is 81.2 cm³/mol. The lowest BCUT2D eigenvalue weighted by Crippen LogP contribution is -1.84. The Morgan fingerprint density at radius 3 is 2.47 bits per heavy atom. The van der Waals surface area contributed by atoms with Crippen LogP contribution in [0, 0.1) is 0 Å². The summed E-state index contributed by atoms with van der Waals surface area (Å²) in [6, 6.07) is 10.8. The summed E-state index contributed by atoms with van der Waals surface area (Å²) < 4.78 is 6.62. The average molecular weight is 331 g/mol. The van der Waals surface area contributed by atoms with E-state index in [1.54, 1.807) is 24.3 Å². The van der Waals surface area contributed by atoms with Gasteiger partial charge in [0.15, 0.2) is 0 Å². The molecule has 0 unspecified atom stereocenters. The summed E-state index contributed by atoms with van der Waals surface area (Å²) in [5.74, 6) is 0.476. The van der Waals surface area contributed by atoms with Crippen molar-refractivity contribution in [3.8, 4) is 10.9 Å². The minimum atomic E-state index is 0.370. The lowest BCUT2D eigenvalue weighted by Gasteiger charge is -2.04. The van der Waals surface area contributed by atoms with Crippen LogP contribution in [0.5, 0.6) is 10.9 Å². The van der Waals surface area contributed by atoms with Crippen molar-refractivity contribution < 1.29 is 4.74 Å². The number of halogens is 3. The summed E-state index contributed by atoms with van der Waals surface area (Å²) in [4.78, 5) is 4.34. The van der Waals surface area contributed by atoms with Gasteiger partial charge in [0, 0.05) is 0 Å². The third-order valence-electron chi connectivity index (χ3n) is 2.46. The number of thiazole rings is 1. The van der Waals surface area contributed by atoms with Crippen molar-refractivity contribution in [2.45, 2.75) is 0 Å². The molecule has 0 saturated heterocycles. The third kappa shape index (κ3) is 2.51. The van der Waals surface area contributed by atoms with Gasteiger partial charge in [0.25, 0.3) is 5.19 Å². The molecule has 0 radical (unpaired) electrons.